The summed E-state index contributed by atoms with van der Waals surface area (Å²) in [5.74, 6) is -0.794. The highest BCUT2D eigenvalue weighted by atomic mass is 16.4. The summed E-state index contributed by atoms with van der Waals surface area (Å²) in [7, 11) is 0. The molecule has 0 aliphatic carbocycles. The standard InChI is InChI=1S/C12H24N2O3/c1-5-13-10(4)6-11(15)14(7-9(2)3)8-12(16)17/h9-10,13H,5-8H2,1-4H3,(H,16,17). The molecule has 1 amide bonds. The third-order valence-corrected chi connectivity index (χ3v) is 2.30. The highest BCUT2D eigenvalue weighted by Gasteiger charge is 2.19. The molecule has 0 heterocycles. The quantitative estimate of drug-likeness (QED) is 0.667. The number of amides is 1. The van der Waals surface area contributed by atoms with Gasteiger partial charge >= 0.3 is 5.97 Å². The molecule has 0 radical (unpaired) electrons. The molecule has 0 spiro atoms. The Morgan fingerprint density at radius 3 is 2.29 bits per heavy atom. The lowest BCUT2D eigenvalue weighted by atomic mass is 10.1. The van der Waals surface area contributed by atoms with Crippen molar-refractivity contribution in [1.82, 2.24) is 10.2 Å². The van der Waals surface area contributed by atoms with E-state index in [1.165, 1.54) is 4.90 Å². The fourth-order valence-electron chi connectivity index (χ4n) is 1.67. The highest BCUT2D eigenvalue weighted by molar-refractivity contribution is 5.81. The summed E-state index contributed by atoms with van der Waals surface area (Å²) < 4.78 is 0. The van der Waals surface area contributed by atoms with E-state index in [0.29, 0.717) is 13.0 Å². The maximum Gasteiger partial charge on any atom is 0.323 e. The first-order valence-corrected chi connectivity index (χ1v) is 6.09. The highest BCUT2D eigenvalue weighted by Crippen LogP contribution is 2.03. The van der Waals surface area contributed by atoms with Crippen LogP contribution in [0.3, 0.4) is 0 Å². The molecular formula is C12H24N2O3. The van der Waals surface area contributed by atoms with Gasteiger partial charge in [0.05, 0.1) is 0 Å². The SMILES string of the molecule is CCNC(C)CC(=O)N(CC(=O)O)CC(C)C. The van der Waals surface area contributed by atoms with E-state index in [1.54, 1.807) is 0 Å². The molecule has 0 saturated carbocycles. The number of carboxylic acids is 1. The monoisotopic (exact) mass is 244 g/mol. The van der Waals surface area contributed by atoms with Crippen LogP contribution in [0.2, 0.25) is 0 Å². The average molecular weight is 244 g/mol. The Morgan fingerprint density at radius 1 is 1.29 bits per heavy atom. The zero-order chi connectivity index (χ0) is 13.4. The fraction of sp³-hybridized carbons (Fsp3) is 0.833. The number of nitrogens with one attached hydrogen (secondary N) is 1. The number of nitrogens with zero attached hydrogens (tertiary/aromatic N) is 1. The van der Waals surface area contributed by atoms with Crippen LogP contribution in [0.25, 0.3) is 0 Å². The van der Waals surface area contributed by atoms with E-state index in [0.717, 1.165) is 6.54 Å². The molecule has 0 saturated heterocycles. The average Bonchev–Trinajstić information content (AvgIpc) is 2.15. The first-order chi connectivity index (χ1) is 7.86. The summed E-state index contributed by atoms with van der Waals surface area (Å²) >= 11 is 0. The van der Waals surface area contributed by atoms with E-state index in [1.807, 2.05) is 27.7 Å². The fourth-order valence-corrected chi connectivity index (χ4v) is 1.67. The molecule has 0 rings (SSSR count). The maximum absolute atomic E-state index is 11.9. The molecule has 100 valence electrons. The topological polar surface area (TPSA) is 69.6 Å². The van der Waals surface area contributed by atoms with Gasteiger partial charge in [0.15, 0.2) is 0 Å². The van der Waals surface area contributed by atoms with Gasteiger partial charge in [0.2, 0.25) is 5.91 Å². The number of aliphatic carboxylic acids is 1. The number of carbonyl (C=O) groups is 2. The molecule has 2 N–H and O–H groups in total. The third-order valence-electron chi connectivity index (χ3n) is 2.30. The molecule has 0 aliphatic heterocycles. The number of carbonyl (C=O) groups excluding carboxylic acids is 1. The number of carboxylic acid groups (broad SMARTS) is 1. The predicted octanol–water partition coefficient (Wildman–Crippen LogP) is 0.944. The molecule has 0 aromatic heterocycles. The van der Waals surface area contributed by atoms with Crippen molar-refractivity contribution in [2.24, 2.45) is 5.92 Å². The van der Waals surface area contributed by atoms with Gasteiger partial charge in [-0.25, -0.2) is 0 Å². The number of rotatable bonds is 8. The second kappa shape index (κ2) is 8.06. The summed E-state index contributed by atoms with van der Waals surface area (Å²) in [5, 5.41) is 11.9. The van der Waals surface area contributed by atoms with Gasteiger partial charge in [0.25, 0.3) is 0 Å². The molecule has 1 atom stereocenters. The summed E-state index contributed by atoms with van der Waals surface area (Å²) in [6, 6.07) is 0.0796. The Bertz CT molecular complexity index is 254. The van der Waals surface area contributed by atoms with Crippen molar-refractivity contribution < 1.29 is 14.7 Å². The maximum atomic E-state index is 11.9. The van der Waals surface area contributed by atoms with Crippen LogP contribution in [-0.4, -0.2) is 47.6 Å². The van der Waals surface area contributed by atoms with Crippen LogP contribution in [0.5, 0.6) is 0 Å². The Morgan fingerprint density at radius 2 is 1.88 bits per heavy atom. The predicted molar refractivity (Wildman–Crippen MR) is 66.8 cm³/mol. The third kappa shape index (κ3) is 7.74. The zero-order valence-corrected chi connectivity index (χ0v) is 11.2. The molecule has 0 bridgehead atoms. The molecule has 0 fully saturated rings. The Hall–Kier alpha value is -1.10. The smallest absolute Gasteiger partial charge is 0.323 e. The molecular weight excluding hydrogens is 220 g/mol. The van der Waals surface area contributed by atoms with Crippen LogP contribution in [-0.2, 0) is 9.59 Å². The lowest BCUT2D eigenvalue weighted by molar-refractivity contribution is -0.145. The van der Waals surface area contributed by atoms with Crippen molar-refractivity contribution >= 4 is 11.9 Å². The number of hydrogen-bond donors (Lipinski definition) is 2. The minimum Gasteiger partial charge on any atom is -0.480 e. The molecule has 0 aliphatic rings. The van der Waals surface area contributed by atoms with Gasteiger partial charge in [-0.2, -0.15) is 0 Å². The van der Waals surface area contributed by atoms with E-state index in [9.17, 15) is 9.59 Å². The lowest BCUT2D eigenvalue weighted by Crippen LogP contribution is -2.41. The van der Waals surface area contributed by atoms with Crippen molar-refractivity contribution in [1.29, 1.82) is 0 Å². The van der Waals surface area contributed by atoms with E-state index < -0.39 is 5.97 Å². The summed E-state index contributed by atoms with van der Waals surface area (Å²) in [6.45, 7) is 8.92. The van der Waals surface area contributed by atoms with E-state index in [2.05, 4.69) is 5.32 Å². The van der Waals surface area contributed by atoms with Crippen LogP contribution in [0.1, 0.15) is 34.1 Å². The molecule has 5 nitrogen and oxygen atoms in total. The van der Waals surface area contributed by atoms with Crippen molar-refractivity contribution in [3.63, 3.8) is 0 Å². The summed E-state index contributed by atoms with van der Waals surface area (Å²) in [5.41, 5.74) is 0. The van der Waals surface area contributed by atoms with Crippen LogP contribution in [0.4, 0.5) is 0 Å². The van der Waals surface area contributed by atoms with Gasteiger partial charge in [-0.15, -0.1) is 0 Å². The summed E-state index contributed by atoms with van der Waals surface area (Å²) in [6.07, 6.45) is 0.341. The minimum atomic E-state index is -0.963. The molecule has 5 heteroatoms. The van der Waals surface area contributed by atoms with Crippen molar-refractivity contribution in [2.75, 3.05) is 19.6 Å². The normalized spacial score (nSPS) is 12.5. The Labute approximate surface area is 103 Å². The number of hydrogen-bond acceptors (Lipinski definition) is 3. The molecule has 1 unspecified atom stereocenters. The van der Waals surface area contributed by atoms with Crippen LogP contribution in [0, 0.1) is 5.92 Å². The second-order valence-corrected chi connectivity index (χ2v) is 4.72. The van der Waals surface area contributed by atoms with Gasteiger partial charge in [0, 0.05) is 19.0 Å². The Kier molecular flexibility index (Phi) is 7.54. The van der Waals surface area contributed by atoms with Gasteiger partial charge < -0.3 is 15.3 Å². The van der Waals surface area contributed by atoms with Crippen LogP contribution < -0.4 is 5.32 Å². The lowest BCUT2D eigenvalue weighted by Gasteiger charge is -2.24. The van der Waals surface area contributed by atoms with Gasteiger partial charge in [-0.3, -0.25) is 9.59 Å². The van der Waals surface area contributed by atoms with Crippen molar-refractivity contribution in [3.8, 4) is 0 Å². The Balaban J connectivity index is 4.35. The van der Waals surface area contributed by atoms with Gasteiger partial charge in [0.1, 0.15) is 6.54 Å². The minimum absolute atomic E-state index is 0.0796. The molecule has 17 heavy (non-hydrogen) atoms. The van der Waals surface area contributed by atoms with Crippen molar-refractivity contribution in [2.45, 2.75) is 40.2 Å². The molecule has 0 aromatic carbocycles. The summed E-state index contributed by atoms with van der Waals surface area (Å²) in [4.78, 5) is 24.0. The van der Waals surface area contributed by atoms with Crippen LogP contribution >= 0.6 is 0 Å². The van der Waals surface area contributed by atoms with Crippen molar-refractivity contribution in [3.05, 3.63) is 0 Å². The second-order valence-electron chi connectivity index (χ2n) is 4.72. The molecule has 0 aromatic rings. The first-order valence-electron chi connectivity index (χ1n) is 6.09. The first kappa shape index (κ1) is 15.9. The van der Waals surface area contributed by atoms with Gasteiger partial charge in [-0.1, -0.05) is 20.8 Å². The zero-order valence-electron chi connectivity index (χ0n) is 11.2. The van der Waals surface area contributed by atoms with Gasteiger partial charge in [-0.05, 0) is 19.4 Å². The van der Waals surface area contributed by atoms with E-state index in [4.69, 9.17) is 5.11 Å². The largest absolute Gasteiger partial charge is 0.480 e. The van der Waals surface area contributed by atoms with E-state index in [-0.39, 0.29) is 24.4 Å². The van der Waals surface area contributed by atoms with E-state index >= 15 is 0 Å². The van der Waals surface area contributed by atoms with Crippen LogP contribution in [0.15, 0.2) is 0 Å².